The van der Waals surface area contributed by atoms with Gasteiger partial charge in [-0.25, -0.2) is 8.42 Å². The van der Waals surface area contributed by atoms with Crippen LogP contribution in [0.5, 0.6) is 0 Å². The average molecular weight is 348 g/mol. The maximum Gasteiger partial charge on any atom is 0.304 e. The van der Waals surface area contributed by atoms with Crippen LogP contribution >= 0.6 is 15.9 Å². The molecule has 1 aromatic carbocycles. The number of hydrogen-bond donors (Lipinski definition) is 1. The van der Waals surface area contributed by atoms with Crippen molar-refractivity contribution >= 4 is 31.9 Å². The molecular weight excluding hydrogens is 334 g/mol. The molecule has 0 saturated heterocycles. The number of aliphatic carboxylic acids is 1. The molecule has 0 unspecified atom stereocenters. The van der Waals surface area contributed by atoms with Crippen molar-refractivity contribution in [1.82, 2.24) is 4.31 Å². The third kappa shape index (κ3) is 3.55. The fourth-order valence-electron chi connectivity index (χ4n) is 1.83. The molecule has 1 aliphatic carbocycles. The highest BCUT2D eigenvalue weighted by Crippen LogP contribution is 2.32. The van der Waals surface area contributed by atoms with Gasteiger partial charge in [0.05, 0.1) is 11.3 Å². The molecule has 104 valence electrons. The summed E-state index contributed by atoms with van der Waals surface area (Å²) < 4.78 is 27.0. The van der Waals surface area contributed by atoms with Crippen molar-refractivity contribution < 1.29 is 18.3 Å². The van der Waals surface area contributed by atoms with Crippen molar-refractivity contribution in [2.24, 2.45) is 0 Å². The van der Waals surface area contributed by atoms with Crippen LogP contribution in [-0.2, 0) is 14.8 Å². The molecule has 1 aromatic rings. The van der Waals surface area contributed by atoms with Crippen LogP contribution in [0.25, 0.3) is 0 Å². The molecule has 7 heteroatoms. The fourth-order valence-corrected chi connectivity index (χ4v) is 4.11. The van der Waals surface area contributed by atoms with E-state index in [-0.39, 0.29) is 23.9 Å². The second-order valence-corrected chi connectivity index (χ2v) is 7.25. The first-order valence-corrected chi connectivity index (χ1v) is 8.14. The van der Waals surface area contributed by atoms with Crippen molar-refractivity contribution in [3.8, 4) is 0 Å². The number of carbonyl (C=O) groups is 1. The van der Waals surface area contributed by atoms with Crippen LogP contribution in [-0.4, -0.2) is 36.4 Å². The van der Waals surface area contributed by atoms with E-state index in [2.05, 4.69) is 15.9 Å². The molecule has 2 rings (SSSR count). The minimum Gasteiger partial charge on any atom is -0.481 e. The quantitative estimate of drug-likeness (QED) is 0.854. The first-order valence-electron chi connectivity index (χ1n) is 5.90. The van der Waals surface area contributed by atoms with E-state index in [9.17, 15) is 13.2 Å². The van der Waals surface area contributed by atoms with E-state index in [4.69, 9.17) is 5.11 Å². The standard InChI is InChI=1S/C12H14BrNO4S/c13-9-2-1-3-11(8-9)19(17,18)14(10-4-5-10)7-6-12(15)16/h1-3,8,10H,4-7H2,(H,15,16). The molecule has 1 N–H and O–H groups in total. The lowest BCUT2D eigenvalue weighted by molar-refractivity contribution is -0.137. The number of carboxylic acids is 1. The Kier molecular flexibility index (Phi) is 4.27. The number of nitrogens with zero attached hydrogens (tertiary/aromatic N) is 1. The molecule has 0 spiro atoms. The zero-order valence-corrected chi connectivity index (χ0v) is 12.5. The Morgan fingerprint density at radius 1 is 1.42 bits per heavy atom. The predicted molar refractivity (Wildman–Crippen MR) is 73.3 cm³/mol. The van der Waals surface area contributed by atoms with Crippen molar-refractivity contribution in [3.05, 3.63) is 28.7 Å². The van der Waals surface area contributed by atoms with E-state index in [1.165, 1.54) is 16.4 Å². The Balaban J connectivity index is 2.26. The molecule has 5 nitrogen and oxygen atoms in total. The highest BCUT2D eigenvalue weighted by atomic mass is 79.9. The third-order valence-electron chi connectivity index (χ3n) is 2.90. The Morgan fingerprint density at radius 2 is 2.11 bits per heavy atom. The minimum atomic E-state index is -3.62. The molecule has 0 bridgehead atoms. The lowest BCUT2D eigenvalue weighted by atomic mass is 10.4. The second-order valence-electron chi connectivity index (χ2n) is 4.45. The molecule has 1 fully saturated rings. The summed E-state index contributed by atoms with van der Waals surface area (Å²) in [6.07, 6.45) is 1.42. The third-order valence-corrected chi connectivity index (χ3v) is 5.34. The fraction of sp³-hybridized carbons (Fsp3) is 0.417. The van der Waals surface area contributed by atoms with Crippen LogP contribution in [0.15, 0.2) is 33.6 Å². The van der Waals surface area contributed by atoms with Gasteiger partial charge in [0.25, 0.3) is 0 Å². The largest absolute Gasteiger partial charge is 0.481 e. The van der Waals surface area contributed by atoms with Gasteiger partial charge in [-0.2, -0.15) is 4.31 Å². The summed E-state index contributed by atoms with van der Waals surface area (Å²) in [5, 5.41) is 8.72. The summed E-state index contributed by atoms with van der Waals surface area (Å²) >= 11 is 3.24. The molecule has 19 heavy (non-hydrogen) atoms. The zero-order valence-electron chi connectivity index (χ0n) is 10.1. The Bertz CT molecular complexity index is 583. The number of rotatable bonds is 6. The molecule has 0 amide bonds. The van der Waals surface area contributed by atoms with Gasteiger partial charge >= 0.3 is 5.97 Å². The average Bonchev–Trinajstić information content (AvgIpc) is 3.13. The number of benzene rings is 1. The Morgan fingerprint density at radius 3 is 2.63 bits per heavy atom. The van der Waals surface area contributed by atoms with Gasteiger partial charge in [-0.15, -0.1) is 0 Å². The summed E-state index contributed by atoms with van der Waals surface area (Å²) in [6.45, 7) is 0.0227. The number of sulfonamides is 1. The van der Waals surface area contributed by atoms with Gasteiger partial charge in [-0.3, -0.25) is 4.79 Å². The van der Waals surface area contributed by atoms with Crippen LogP contribution in [0.3, 0.4) is 0 Å². The summed E-state index contributed by atoms with van der Waals surface area (Å²) in [5.74, 6) is -0.991. The topological polar surface area (TPSA) is 74.7 Å². The maximum atomic E-state index is 12.5. The molecular formula is C12H14BrNO4S. The maximum absolute atomic E-state index is 12.5. The van der Waals surface area contributed by atoms with Gasteiger partial charge in [-0.05, 0) is 31.0 Å². The van der Waals surface area contributed by atoms with Crippen LogP contribution in [0.1, 0.15) is 19.3 Å². The van der Waals surface area contributed by atoms with Crippen LogP contribution in [0, 0.1) is 0 Å². The van der Waals surface area contributed by atoms with Gasteiger partial charge in [0.1, 0.15) is 0 Å². The van der Waals surface area contributed by atoms with E-state index in [0.29, 0.717) is 4.47 Å². The number of carboxylic acid groups (broad SMARTS) is 1. The van der Waals surface area contributed by atoms with E-state index in [0.717, 1.165) is 12.8 Å². The number of halogens is 1. The van der Waals surface area contributed by atoms with E-state index in [1.54, 1.807) is 12.1 Å². The predicted octanol–water partition coefficient (Wildman–Crippen LogP) is 2.08. The van der Waals surface area contributed by atoms with E-state index >= 15 is 0 Å². The normalized spacial score (nSPS) is 15.7. The summed E-state index contributed by atoms with van der Waals surface area (Å²) in [4.78, 5) is 10.8. The van der Waals surface area contributed by atoms with Crippen LogP contribution < -0.4 is 0 Å². The van der Waals surface area contributed by atoms with Crippen molar-refractivity contribution in [3.63, 3.8) is 0 Å². The van der Waals surface area contributed by atoms with Crippen molar-refractivity contribution in [2.75, 3.05) is 6.54 Å². The monoisotopic (exact) mass is 347 g/mol. The molecule has 1 saturated carbocycles. The lowest BCUT2D eigenvalue weighted by Gasteiger charge is -2.21. The lowest BCUT2D eigenvalue weighted by Crippen LogP contribution is -2.35. The highest BCUT2D eigenvalue weighted by molar-refractivity contribution is 9.10. The first-order chi connectivity index (χ1) is 8.91. The second kappa shape index (κ2) is 5.60. The number of hydrogen-bond acceptors (Lipinski definition) is 3. The molecule has 0 aromatic heterocycles. The van der Waals surface area contributed by atoms with Crippen LogP contribution in [0.2, 0.25) is 0 Å². The summed E-state index contributed by atoms with van der Waals surface area (Å²) in [5.41, 5.74) is 0. The van der Waals surface area contributed by atoms with Gasteiger partial charge in [0.2, 0.25) is 10.0 Å². The summed E-state index contributed by atoms with van der Waals surface area (Å²) in [6, 6.07) is 6.40. The van der Waals surface area contributed by atoms with Crippen LogP contribution in [0.4, 0.5) is 0 Å². The zero-order chi connectivity index (χ0) is 14.0. The van der Waals surface area contributed by atoms with Gasteiger partial charge < -0.3 is 5.11 Å². The van der Waals surface area contributed by atoms with Gasteiger partial charge in [-0.1, -0.05) is 22.0 Å². The van der Waals surface area contributed by atoms with E-state index < -0.39 is 16.0 Å². The minimum absolute atomic E-state index is 0.0227. The molecule has 0 atom stereocenters. The molecule has 0 aliphatic heterocycles. The highest BCUT2D eigenvalue weighted by Gasteiger charge is 2.38. The Labute approximate surface area is 120 Å². The molecule has 0 heterocycles. The molecule has 0 radical (unpaired) electrons. The van der Waals surface area contributed by atoms with Gasteiger partial charge in [0, 0.05) is 17.1 Å². The smallest absolute Gasteiger partial charge is 0.304 e. The van der Waals surface area contributed by atoms with Crippen molar-refractivity contribution in [1.29, 1.82) is 0 Å². The Hall–Kier alpha value is -0.920. The SMILES string of the molecule is O=C(O)CCN(C1CC1)S(=O)(=O)c1cccc(Br)c1. The summed E-state index contributed by atoms with van der Waals surface area (Å²) in [7, 11) is -3.62. The molecule has 1 aliphatic rings. The van der Waals surface area contributed by atoms with Crippen molar-refractivity contribution in [2.45, 2.75) is 30.2 Å². The van der Waals surface area contributed by atoms with Gasteiger partial charge in [0.15, 0.2) is 0 Å². The van der Waals surface area contributed by atoms with E-state index in [1.807, 2.05) is 0 Å². The first kappa shape index (κ1) is 14.5.